The fraction of sp³-hybridized carbons (Fsp3) is 0.448. The topological polar surface area (TPSA) is 81.2 Å². The second-order valence-corrected chi connectivity index (χ2v) is 10.5. The molecule has 10 heteroatoms. The van der Waals surface area contributed by atoms with Crippen LogP contribution < -0.4 is 15.4 Å². The van der Waals surface area contributed by atoms with Crippen molar-refractivity contribution in [3.05, 3.63) is 66.0 Å². The maximum atomic E-state index is 11.9. The molecule has 1 aromatic rings. The van der Waals surface area contributed by atoms with Gasteiger partial charge in [0.25, 0.3) is 0 Å². The highest BCUT2D eigenvalue weighted by Crippen LogP contribution is 2.29. The van der Waals surface area contributed by atoms with Gasteiger partial charge in [-0.15, -0.1) is 0 Å². The summed E-state index contributed by atoms with van der Waals surface area (Å²) in [7, 11) is 1.62. The van der Waals surface area contributed by atoms with E-state index in [2.05, 4.69) is 36.1 Å². The highest BCUT2D eigenvalue weighted by atomic mass is 35.6. The Balaban J connectivity index is 0.00000336. The minimum Gasteiger partial charge on any atom is -0.491 e. The molecule has 1 aromatic carbocycles. The van der Waals surface area contributed by atoms with Crippen molar-refractivity contribution in [2.75, 3.05) is 26.9 Å². The maximum Gasteiger partial charge on any atom is 0.411 e. The van der Waals surface area contributed by atoms with Gasteiger partial charge >= 0.3 is 6.09 Å². The van der Waals surface area contributed by atoms with E-state index in [1.807, 2.05) is 44.2 Å². The SMILES string of the molecule is C=C(NC(/C=C\C(=C/C)NC(=O)OCC(Cl)(Cl)Cl)=C\CC)c1ccc(OCCOC)cc1N=CC.CCCC. The first-order chi connectivity index (χ1) is 18.5. The zero-order valence-corrected chi connectivity index (χ0v) is 26.1. The van der Waals surface area contributed by atoms with Crippen LogP contribution in [0.25, 0.3) is 5.70 Å². The molecule has 0 atom stereocenters. The Morgan fingerprint density at radius 3 is 2.26 bits per heavy atom. The summed E-state index contributed by atoms with van der Waals surface area (Å²) in [6, 6.07) is 5.60. The van der Waals surface area contributed by atoms with Crippen molar-refractivity contribution in [1.29, 1.82) is 0 Å². The summed E-state index contributed by atoms with van der Waals surface area (Å²) in [6.07, 6.45) is 11.6. The monoisotopic (exact) mass is 601 g/mol. The summed E-state index contributed by atoms with van der Waals surface area (Å²) in [5, 5.41) is 5.90. The van der Waals surface area contributed by atoms with Crippen LogP contribution in [0, 0.1) is 0 Å². The molecule has 2 N–H and O–H groups in total. The third kappa shape index (κ3) is 17.7. The van der Waals surface area contributed by atoms with Crippen molar-refractivity contribution < 1.29 is 19.0 Å². The van der Waals surface area contributed by atoms with E-state index < -0.39 is 9.89 Å². The lowest BCUT2D eigenvalue weighted by atomic mass is 10.1. The molecule has 0 heterocycles. The molecule has 0 aliphatic heterocycles. The van der Waals surface area contributed by atoms with Gasteiger partial charge in [0.05, 0.1) is 12.3 Å². The summed E-state index contributed by atoms with van der Waals surface area (Å²) in [5.41, 5.74) is 3.46. The molecule has 0 unspecified atom stereocenters. The fourth-order valence-electron chi connectivity index (χ4n) is 2.66. The standard InChI is InChI=1S/C25H32Cl3N3O4.C4H10/c1-6-9-20(11-10-19(7-2)31-24(32)35-17-25(26,27)28)30-18(4)22-13-12-21(34-15-14-33-5)16-23(22)29-8-3;1-3-4-2/h7-13,16,30H,4,6,14-15,17H2,1-3,5H3,(H,31,32);3-4H2,1-2H3/b11-10-,19-7+,20-9-,29-8?;. The van der Waals surface area contributed by atoms with Gasteiger partial charge in [-0.1, -0.05) is 87.1 Å². The number of methoxy groups -OCH3 is 1. The zero-order valence-electron chi connectivity index (χ0n) is 23.8. The normalized spacial score (nSPS) is 12.2. The van der Waals surface area contributed by atoms with Crippen molar-refractivity contribution >= 4 is 58.5 Å². The minimum atomic E-state index is -1.68. The van der Waals surface area contributed by atoms with Crippen LogP contribution in [0.15, 0.2) is 65.5 Å². The largest absolute Gasteiger partial charge is 0.491 e. The molecule has 0 aromatic heterocycles. The van der Waals surface area contributed by atoms with Gasteiger partial charge < -0.3 is 19.5 Å². The molecule has 0 fully saturated rings. The Labute approximate surface area is 248 Å². The molecular weight excluding hydrogens is 561 g/mol. The zero-order chi connectivity index (χ0) is 29.7. The molecule has 0 saturated heterocycles. The van der Waals surface area contributed by atoms with Crippen molar-refractivity contribution in [3.63, 3.8) is 0 Å². The van der Waals surface area contributed by atoms with Crippen LogP contribution in [-0.4, -0.2) is 43.0 Å². The Morgan fingerprint density at radius 2 is 1.72 bits per heavy atom. The number of nitrogens with zero attached hydrogens (tertiary/aromatic N) is 1. The number of hydrogen-bond acceptors (Lipinski definition) is 6. The quantitative estimate of drug-likeness (QED) is 0.0964. The van der Waals surface area contributed by atoms with Crippen molar-refractivity contribution in [1.82, 2.24) is 10.6 Å². The molecular formula is C29H42Cl3N3O4. The van der Waals surface area contributed by atoms with E-state index in [1.165, 1.54) is 12.8 Å². The second-order valence-electron chi connectivity index (χ2n) is 7.97. The Morgan fingerprint density at radius 1 is 1.05 bits per heavy atom. The van der Waals surface area contributed by atoms with Crippen LogP contribution in [0.1, 0.15) is 59.4 Å². The third-order valence-electron chi connectivity index (χ3n) is 4.70. The number of benzene rings is 1. The Bertz CT molecular complexity index is 998. The van der Waals surface area contributed by atoms with E-state index in [4.69, 9.17) is 49.0 Å². The van der Waals surface area contributed by atoms with Gasteiger partial charge in [0, 0.05) is 42.0 Å². The van der Waals surface area contributed by atoms with Crippen molar-refractivity contribution in [2.45, 2.75) is 57.7 Å². The lowest BCUT2D eigenvalue weighted by Gasteiger charge is -2.15. The third-order valence-corrected chi connectivity index (χ3v) is 5.03. The molecule has 1 rings (SSSR count). The average Bonchev–Trinajstić information content (AvgIpc) is 2.90. The second kappa shape index (κ2) is 21.4. The smallest absolute Gasteiger partial charge is 0.411 e. The van der Waals surface area contributed by atoms with Gasteiger partial charge in [0.1, 0.15) is 19.0 Å². The molecule has 1 amide bonds. The van der Waals surface area contributed by atoms with E-state index in [-0.39, 0.29) is 6.61 Å². The number of alkyl halides is 3. The number of unbranched alkanes of at least 4 members (excludes halogenated alkanes) is 1. The number of hydrogen-bond donors (Lipinski definition) is 2. The molecule has 0 spiro atoms. The number of aliphatic imine (C=N–C) groups is 1. The van der Waals surface area contributed by atoms with Crippen molar-refractivity contribution in [2.24, 2.45) is 4.99 Å². The molecule has 0 radical (unpaired) electrons. The molecule has 218 valence electrons. The van der Waals surface area contributed by atoms with Gasteiger partial charge in [-0.2, -0.15) is 0 Å². The van der Waals surface area contributed by atoms with Crippen LogP contribution >= 0.6 is 34.8 Å². The maximum absolute atomic E-state index is 11.9. The summed E-state index contributed by atoms with van der Waals surface area (Å²) < 4.78 is 13.9. The van der Waals surface area contributed by atoms with Gasteiger partial charge in [0.2, 0.25) is 3.79 Å². The number of halogens is 3. The Hall–Kier alpha value is -2.45. The first kappa shape index (κ1) is 36.5. The van der Waals surface area contributed by atoms with E-state index in [0.717, 1.165) is 17.7 Å². The van der Waals surface area contributed by atoms with Gasteiger partial charge in [-0.05, 0) is 44.6 Å². The number of nitrogens with one attached hydrogen (secondary N) is 2. The predicted molar refractivity (Wildman–Crippen MR) is 166 cm³/mol. The first-order valence-corrected chi connectivity index (χ1v) is 13.9. The highest BCUT2D eigenvalue weighted by Gasteiger charge is 2.22. The lowest BCUT2D eigenvalue weighted by molar-refractivity contribution is 0.146. The summed E-state index contributed by atoms with van der Waals surface area (Å²) in [5.74, 6) is 0.689. The average molecular weight is 603 g/mol. The van der Waals surface area contributed by atoms with E-state index >= 15 is 0 Å². The van der Waals surface area contributed by atoms with Gasteiger partial charge in [-0.25, -0.2) is 4.79 Å². The van der Waals surface area contributed by atoms with E-state index in [9.17, 15) is 4.79 Å². The van der Waals surface area contributed by atoms with Gasteiger partial charge in [-0.3, -0.25) is 10.3 Å². The summed E-state index contributed by atoms with van der Waals surface area (Å²) >= 11 is 16.8. The summed E-state index contributed by atoms with van der Waals surface area (Å²) in [6.45, 7) is 14.7. The van der Waals surface area contributed by atoms with Crippen LogP contribution in [0.2, 0.25) is 0 Å². The number of carbonyl (C=O) groups excluding carboxylic acids is 1. The number of amides is 1. The van der Waals surface area contributed by atoms with Crippen molar-refractivity contribution in [3.8, 4) is 5.75 Å². The number of ether oxygens (including phenoxy) is 3. The molecule has 0 saturated carbocycles. The van der Waals surface area contributed by atoms with E-state index in [1.54, 1.807) is 32.4 Å². The van der Waals surface area contributed by atoms with Crippen LogP contribution in [0.3, 0.4) is 0 Å². The summed E-state index contributed by atoms with van der Waals surface area (Å²) in [4.78, 5) is 16.4. The minimum absolute atomic E-state index is 0.370. The van der Waals surface area contributed by atoms with Crippen LogP contribution in [0.4, 0.5) is 10.5 Å². The molecule has 0 bridgehead atoms. The molecule has 0 aliphatic carbocycles. The number of carbonyl (C=O) groups is 1. The lowest BCUT2D eigenvalue weighted by Crippen LogP contribution is -2.27. The van der Waals surface area contributed by atoms with Crippen LogP contribution in [0.5, 0.6) is 5.75 Å². The van der Waals surface area contributed by atoms with Gasteiger partial charge in [0.15, 0.2) is 0 Å². The molecule has 39 heavy (non-hydrogen) atoms. The number of rotatable bonds is 14. The number of alkyl carbamates (subject to hydrolysis) is 1. The van der Waals surface area contributed by atoms with E-state index in [0.29, 0.717) is 36.0 Å². The Kier molecular flexibility index (Phi) is 20.0. The predicted octanol–water partition coefficient (Wildman–Crippen LogP) is 8.65. The molecule has 7 nitrogen and oxygen atoms in total. The van der Waals surface area contributed by atoms with Crippen LogP contribution in [-0.2, 0) is 9.47 Å². The first-order valence-electron chi connectivity index (χ1n) is 12.8. The fourth-order valence-corrected chi connectivity index (χ4v) is 2.82. The number of allylic oxidation sites excluding steroid dienone is 4. The molecule has 0 aliphatic rings. The highest BCUT2D eigenvalue weighted by molar-refractivity contribution is 6.67.